The average Bonchev–Trinajstić information content (AvgIpc) is 3.41. The van der Waals surface area contributed by atoms with E-state index in [0.29, 0.717) is 18.8 Å². The molecule has 1 saturated heterocycles. The van der Waals surface area contributed by atoms with Gasteiger partial charge in [0.1, 0.15) is 5.65 Å². The van der Waals surface area contributed by atoms with Crippen LogP contribution in [0.3, 0.4) is 0 Å². The van der Waals surface area contributed by atoms with Crippen LogP contribution in [0.25, 0.3) is 5.65 Å². The number of rotatable bonds is 4. The second-order valence-corrected chi connectivity index (χ2v) is 7.13. The second kappa shape index (κ2) is 8.38. The van der Waals surface area contributed by atoms with Crippen LogP contribution in [-0.2, 0) is 6.42 Å². The van der Waals surface area contributed by atoms with Crippen molar-refractivity contribution >= 4 is 17.5 Å². The molecule has 1 aliphatic rings. The van der Waals surface area contributed by atoms with Crippen molar-refractivity contribution in [2.45, 2.75) is 13.3 Å². The SMILES string of the molecule is CN=C(NCCc1cn2cccc(C)c2n1)N1CCN(C(=O)c2ccco2)CC1. The molecule has 0 atom stereocenters. The standard InChI is InChI=1S/C21H26N6O2/c1-16-5-3-9-27-15-17(24-19(16)27)7-8-23-21(22-2)26-12-10-25(11-13-26)20(28)18-6-4-14-29-18/h3-6,9,14-15H,7-8,10-13H2,1-2H3,(H,22,23). The fourth-order valence-corrected chi connectivity index (χ4v) is 3.64. The molecule has 4 rings (SSSR count). The molecule has 0 radical (unpaired) electrons. The van der Waals surface area contributed by atoms with Gasteiger partial charge >= 0.3 is 0 Å². The molecule has 0 bridgehead atoms. The summed E-state index contributed by atoms with van der Waals surface area (Å²) in [6.07, 6.45) is 6.44. The smallest absolute Gasteiger partial charge is 0.289 e. The molecule has 1 N–H and O–H groups in total. The molecule has 29 heavy (non-hydrogen) atoms. The number of aliphatic imine (C=N–C) groups is 1. The molecular formula is C21H26N6O2. The van der Waals surface area contributed by atoms with Crippen LogP contribution < -0.4 is 5.32 Å². The molecule has 4 heterocycles. The minimum Gasteiger partial charge on any atom is -0.459 e. The Kier molecular flexibility index (Phi) is 5.50. The van der Waals surface area contributed by atoms with Crippen LogP contribution >= 0.6 is 0 Å². The molecule has 152 valence electrons. The lowest BCUT2D eigenvalue weighted by Gasteiger charge is -2.36. The Morgan fingerprint density at radius 3 is 2.69 bits per heavy atom. The van der Waals surface area contributed by atoms with Crippen LogP contribution in [0.15, 0.2) is 52.3 Å². The molecule has 0 aliphatic carbocycles. The lowest BCUT2D eigenvalue weighted by molar-refractivity contribution is 0.0658. The highest BCUT2D eigenvalue weighted by molar-refractivity contribution is 5.91. The first-order valence-corrected chi connectivity index (χ1v) is 9.87. The van der Waals surface area contributed by atoms with Crippen LogP contribution in [0.4, 0.5) is 0 Å². The first kappa shape index (κ1) is 19.0. The maximum absolute atomic E-state index is 12.4. The van der Waals surface area contributed by atoms with E-state index in [9.17, 15) is 4.79 Å². The third-order valence-electron chi connectivity index (χ3n) is 5.20. The van der Waals surface area contributed by atoms with Crippen molar-refractivity contribution in [3.05, 3.63) is 59.9 Å². The molecule has 0 unspecified atom stereocenters. The summed E-state index contributed by atoms with van der Waals surface area (Å²) in [6, 6.07) is 7.54. The Labute approximate surface area is 169 Å². The number of aryl methyl sites for hydroxylation is 1. The number of furan rings is 1. The number of hydrogen-bond donors (Lipinski definition) is 1. The quantitative estimate of drug-likeness (QED) is 0.539. The molecule has 0 saturated carbocycles. The number of guanidine groups is 1. The first-order chi connectivity index (χ1) is 14.2. The van der Waals surface area contributed by atoms with Gasteiger partial charge in [0.2, 0.25) is 0 Å². The molecule has 0 aromatic carbocycles. The van der Waals surface area contributed by atoms with Gasteiger partial charge in [-0.1, -0.05) is 6.07 Å². The lowest BCUT2D eigenvalue weighted by atomic mass is 10.3. The third-order valence-corrected chi connectivity index (χ3v) is 5.20. The second-order valence-electron chi connectivity index (χ2n) is 7.13. The van der Waals surface area contributed by atoms with E-state index in [2.05, 4.69) is 38.8 Å². The van der Waals surface area contributed by atoms with E-state index in [0.717, 1.165) is 43.4 Å². The minimum absolute atomic E-state index is 0.0558. The molecule has 1 amide bonds. The van der Waals surface area contributed by atoms with Gasteiger partial charge < -0.3 is 23.9 Å². The fraction of sp³-hybridized carbons (Fsp3) is 0.381. The number of imidazole rings is 1. The van der Waals surface area contributed by atoms with E-state index in [-0.39, 0.29) is 5.91 Å². The summed E-state index contributed by atoms with van der Waals surface area (Å²) >= 11 is 0. The van der Waals surface area contributed by atoms with Crippen molar-refractivity contribution in [3.63, 3.8) is 0 Å². The number of fused-ring (bicyclic) bond motifs is 1. The number of amides is 1. The Balaban J connectivity index is 1.28. The lowest BCUT2D eigenvalue weighted by Crippen LogP contribution is -2.54. The highest BCUT2D eigenvalue weighted by Gasteiger charge is 2.25. The van der Waals surface area contributed by atoms with E-state index < -0.39 is 0 Å². The van der Waals surface area contributed by atoms with Crippen molar-refractivity contribution in [1.82, 2.24) is 24.5 Å². The van der Waals surface area contributed by atoms with Crippen molar-refractivity contribution in [3.8, 4) is 0 Å². The molecule has 8 heteroatoms. The number of piperazine rings is 1. The summed E-state index contributed by atoms with van der Waals surface area (Å²) in [4.78, 5) is 25.5. The Morgan fingerprint density at radius 2 is 2.00 bits per heavy atom. The zero-order valence-electron chi connectivity index (χ0n) is 16.8. The predicted octanol–water partition coefficient (Wildman–Crippen LogP) is 1.81. The minimum atomic E-state index is -0.0558. The van der Waals surface area contributed by atoms with Crippen LogP contribution in [0.1, 0.15) is 21.8 Å². The summed E-state index contributed by atoms with van der Waals surface area (Å²) in [5.74, 6) is 1.19. The predicted molar refractivity (Wildman–Crippen MR) is 111 cm³/mol. The normalized spacial score (nSPS) is 15.2. The highest BCUT2D eigenvalue weighted by Crippen LogP contribution is 2.11. The number of carbonyl (C=O) groups excluding carboxylic acids is 1. The summed E-state index contributed by atoms with van der Waals surface area (Å²) in [5, 5.41) is 3.42. The van der Waals surface area contributed by atoms with E-state index in [1.54, 1.807) is 19.2 Å². The fourth-order valence-electron chi connectivity index (χ4n) is 3.64. The monoisotopic (exact) mass is 394 g/mol. The molecule has 3 aromatic rings. The van der Waals surface area contributed by atoms with Gasteiger partial charge in [0, 0.05) is 58.6 Å². The van der Waals surface area contributed by atoms with Gasteiger partial charge in [0.05, 0.1) is 12.0 Å². The number of nitrogens with one attached hydrogen (secondary N) is 1. The van der Waals surface area contributed by atoms with E-state index in [1.807, 2.05) is 17.2 Å². The summed E-state index contributed by atoms with van der Waals surface area (Å²) in [7, 11) is 1.79. The van der Waals surface area contributed by atoms with Crippen molar-refractivity contribution in [1.29, 1.82) is 0 Å². The van der Waals surface area contributed by atoms with Gasteiger partial charge in [-0.25, -0.2) is 4.98 Å². The van der Waals surface area contributed by atoms with E-state index in [4.69, 9.17) is 9.40 Å². The van der Waals surface area contributed by atoms with Crippen LogP contribution in [0, 0.1) is 6.92 Å². The summed E-state index contributed by atoms with van der Waals surface area (Å²) in [6.45, 7) is 5.58. The Hall–Kier alpha value is -3.29. The summed E-state index contributed by atoms with van der Waals surface area (Å²) < 4.78 is 7.28. The van der Waals surface area contributed by atoms with Gasteiger partial charge in [-0.3, -0.25) is 9.79 Å². The molecule has 1 fully saturated rings. The van der Waals surface area contributed by atoms with Gasteiger partial charge in [-0.2, -0.15) is 0 Å². The zero-order chi connectivity index (χ0) is 20.2. The number of pyridine rings is 1. The first-order valence-electron chi connectivity index (χ1n) is 9.87. The number of hydrogen-bond acceptors (Lipinski definition) is 4. The van der Waals surface area contributed by atoms with Crippen LogP contribution in [0.5, 0.6) is 0 Å². The topological polar surface area (TPSA) is 78.4 Å². The molecule has 1 aliphatic heterocycles. The highest BCUT2D eigenvalue weighted by atomic mass is 16.3. The number of aromatic nitrogens is 2. The Bertz CT molecular complexity index is 1000. The molecule has 8 nitrogen and oxygen atoms in total. The van der Waals surface area contributed by atoms with E-state index >= 15 is 0 Å². The van der Waals surface area contributed by atoms with Crippen molar-refractivity contribution in [2.75, 3.05) is 39.8 Å². The average molecular weight is 394 g/mol. The summed E-state index contributed by atoms with van der Waals surface area (Å²) in [5.41, 5.74) is 3.23. The molecule has 3 aromatic heterocycles. The number of nitrogens with zero attached hydrogens (tertiary/aromatic N) is 5. The molecular weight excluding hydrogens is 368 g/mol. The molecule has 0 spiro atoms. The van der Waals surface area contributed by atoms with Crippen LogP contribution in [-0.4, -0.2) is 70.8 Å². The van der Waals surface area contributed by atoms with Crippen molar-refractivity contribution < 1.29 is 9.21 Å². The van der Waals surface area contributed by atoms with Gasteiger partial charge in [-0.05, 0) is 30.7 Å². The van der Waals surface area contributed by atoms with Gasteiger partial charge in [0.25, 0.3) is 5.91 Å². The van der Waals surface area contributed by atoms with Gasteiger partial charge in [0.15, 0.2) is 11.7 Å². The van der Waals surface area contributed by atoms with Gasteiger partial charge in [-0.15, -0.1) is 0 Å². The van der Waals surface area contributed by atoms with Crippen LogP contribution in [0.2, 0.25) is 0 Å². The third kappa shape index (κ3) is 4.11. The number of carbonyl (C=O) groups is 1. The largest absolute Gasteiger partial charge is 0.459 e. The van der Waals surface area contributed by atoms with Crippen molar-refractivity contribution in [2.24, 2.45) is 4.99 Å². The zero-order valence-corrected chi connectivity index (χ0v) is 16.8. The van der Waals surface area contributed by atoms with E-state index in [1.165, 1.54) is 11.8 Å². The maximum Gasteiger partial charge on any atom is 0.289 e. The Morgan fingerprint density at radius 1 is 1.21 bits per heavy atom. The maximum atomic E-state index is 12.4.